The number of hydrogen-bond donors (Lipinski definition) is 3. The number of para-hydroxylation sites is 2. The fourth-order valence-electron chi connectivity index (χ4n) is 2.40. The summed E-state index contributed by atoms with van der Waals surface area (Å²) in [5.74, 6) is -0.312. The fraction of sp³-hybridized carbons (Fsp3) is 0.0588. The van der Waals surface area contributed by atoms with Gasteiger partial charge in [-0.2, -0.15) is 0 Å². The molecule has 1 amide bonds. The molecule has 3 aromatic rings. The number of carbonyl (C=O) groups excluding carboxylic acids is 1. The van der Waals surface area contributed by atoms with Gasteiger partial charge >= 0.3 is 5.69 Å². The molecule has 3 rings (SSSR count). The maximum Gasteiger partial charge on any atom is 0.311 e. The maximum absolute atomic E-state index is 12.2. The van der Waals surface area contributed by atoms with Gasteiger partial charge in [-0.25, -0.2) is 0 Å². The number of nitro groups is 1. The number of benzene rings is 2. The van der Waals surface area contributed by atoms with Crippen molar-refractivity contribution in [2.75, 3.05) is 7.05 Å². The summed E-state index contributed by atoms with van der Waals surface area (Å²) < 4.78 is 5.62. The molecule has 0 aliphatic heterocycles. The highest BCUT2D eigenvalue weighted by atomic mass is 16.6. The smallest absolute Gasteiger partial charge is 0.311 e. The van der Waals surface area contributed by atoms with Crippen LogP contribution in [0.3, 0.4) is 0 Å². The van der Waals surface area contributed by atoms with Gasteiger partial charge in [-0.1, -0.05) is 12.1 Å². The Kier molecular flexibility index (Phi) is 4.27. The van der Waals surface area contributed by atoms with Gasteiger partial charge in [0.2, 0.25) is 5.75 Å². The van der Waals surface area contributed by atoms with E-state index in [1.165, 1.54) is 19.2 Å². The molecule has 1 aromatic heterocycles. The first-order chi connectivity index (χ1) is 12.4. The number of nitrogens with one attached hydrogen (secondary N) is 2. The van der Waals surface area contributed by atoms with Gasteiger partial charge in [0.1, 0.15) is 11.4 Å². The van der Waals surface area contributed by atoms with E-state index in [0.29, 0.717) is 11.3 Å². The molecule has 0 bridgehead atoms. The Morgan fingerprint density at radius 3 is 2.69 bits per heavy atom. The normalized spacial score (nSPS) is 10.5. The molecule has 0 saturated heterocycles. The summed E-state index contributed by atoms with van der Waals surface area (Å²) in [5, 5.41) is 19.1. The predicted molar refractivity (Wildman–Crippen MR) is 95.5 cm³/mol. The van der Waals surface area contributed by atoms with Gasteiger partial charge in [0.25, 0.3) is 5.91 Å². The van der Waals surface area contributed by atoms with Crippen molar-refractivity contribution in [2.24, 2.45) is 5.73 Å². The van der Waals surface area contributed by atoms with Gasteiger partial charge < -0.3 is 15.5 Å². The number of aromatic nitrogens is 1. The van der Waals surface area contributed by atoms with E-state index in [9.17, 15) is 14.9 Å². The first-order valence-electron chi connectivity index (χ1n) is 7.53. The monoisotopic (exact) mass is 353 g/mol. The number of amides is 1. The third kappa shape index (κ3) is 3.18. The molecule has 0 aliphatic rings. The van der Waals surface area contributed by atoms with Gasteiger partial charge in [-0.15, -0.1) is 0 Å². The Labute approximate surface area is 147 Å². The number of H-pyrrole nitrogens is 1. The molecular formula is C17H15N5O4. The van der Waals surface area contributed by atoms with Crippen molar-refractivity contribution in [1.29, 1.82) is 5.41 Å². The van der Waals surface area contributed by atoms with Crippen LogP contribution in [-0.4, -0.2) is 33.7 Å². The van der Waals surface area contributed by atoms with Crippen LogP contribution in [-0.2, 0) is 0 Å². The zero-order chi connectivity index (χ0) is 18.8. The van der Waals surface area contributed by atoms with E-state index in [1.807, 2.05) is 0 Å². The minimum Gasteiger partial charge on any atom is -0.450 e. The molecule has 9 nitrogen and oxygen atoms in total. The van der Waals surface area contributed by atoms with Crippen LogP contribution >= 0.6 is 0 Å². The highest BCUT2D eigenvalue weighted by Crippen LogP contribution is 2.32. The topological polar surface area (TPSA) is 138 Å². The van der Waals surface area contributed by atoms with E-state index < -0.39 is 10.8 Å². The van der Waals surface area contributed by atoms with E-state index in [4.69, 9.17) is 15.9 Å². The van der Waals surface area contributed by atoms with E-state index >= 15 is 0 Å². The number of hydrogen-bond acceptors (Lipinski definition) is 5. The molecule has 0 atom stereocenters. The molecule has 0 fully saturated rings. The molecule has 0 unspecified atom stereocenters. The van der Waals surface area contributed by atoms with Gasteiger partial charge in [0.05, 0.1) is 4.92 Å². The Hall–Kier alpha value is -3.88. The second-order valence-corrected chi connectivity index (χ2v) is 5.51. The molecule has 132 valence electrons. The van der Waals surface area contributed by atoms with E-state index in [0.717, 1.165) is 10.3 Å². The predicted octanol–water partition coefficient (Wildman–Crippen LogP) is 2.83. The van der Waals surface area contributed by atoms with Crippen LogP contribution in [0.1, 0.15) is 10.5 Å². The van der Waals surface area contributed by atoms with Crippen molar-refractivity contribution in [3.05, 3.63) is 64.3 Å². The second-order valence-electron chi connectivity index (χ2n) is 5.51. The summed E-state index contributed by atoms with van der Waals surface area (Å²) in [4.78, 5) is 26.7. The standard InChI is InChI=1S/C17H15N5O4/c1-21(17(18)19)16(23)13-8-10-6-7-11(9-12(10)20-13)26-15-5-3-2-4-14(15)22(24)25/h2-9,20H,1H3,(H3,18,19). The average molecular weight is 353 g/mol. The van der Waals surface area contributed by atoms with E-state index in [1.54, 1.807) is 36.4 Å². The molecule has 1 heterocycles. The fourth-order valence-corrected chi connectivity index (χ4v) is 2.40. The molecule has 0 spiro atoms. The second kappa shape index (κ2) is 6.55. The SMILES string of the molecule is CN(C(=N)N)C(=O)c1cc2ccc(Oc3ccccc3[N+](=O)[O-])cc2[nH]1. The van der Waals surface area contributed by atoms with Crippen molar-refractivity contribution in [3.8, 4) is 11.5 Å². The molecule has 9 heteroatoms. The van der Waals surface area contributed by atoms with Crippen LogP contribution in [0, 0.1) is 15.5 Å². The van der Waals surface area contributed by atoms with Crippen LogP contribution in [0.2, 0.25) is 0 Å². The highest BCUT2D eigenvalue weighted by molar-refractivity contribution is 6.05. The van der Waals surface area contributed by atoms with Crippen LogP contribution in [0.25, 0.3) is 10.9 Å². The van der Waals surface area contributed by atoms with Crippen molar-refractivity contribution in [2.45, 2.75) is 0 Å². The Morgan fingerprint density at radius 1 is 1.27 bits per heavy atom. The van der Waals surface area contributed by atoms with E-state index in [2.05, 4.69) is 4.98 Å². The van der Waals surface area contributed by atoms with Crippen molar-refractivity contribution in [1.82, 2.24) is 9.88 Å². The molecule has 0 aliphatic carbocycles. The van der Waals surface area contributed by atoms with Crippen molar-refractivity contribution < 1.29 is 14.5 Å². The van der Waals surface area contributed by atoms with Gasteiger partial charge in [0.15, 0.2) is 5.96 Å². The highest BCUT2D eigenvalue weighted by Gasteiger charge is 2.17. The summed E-state index contributed by atoms with van der Waals surface area (Å²) in [6.07, 6.45) is 0. The summed E-state index contributed by atoms with van der Waals surface area (Å²) >= 11 is 0. The first kappa shape index (κ1) is 17.0. The third-order valence-corrected chi connectivity index (χ3v) is 3.78. The van der Waals surface area contributed by atoms with Crippen LogP contribution in [0.15, 0.2) is 48.5 Å². The van der Waals surface area contributed by atoms with Crippen LogP contribution < -0.4 is 10.5 Å². The summed E-state index contributed by atoms with van der Waals surface area (Å²) in [7, 11) is 1.40. The average Bonchev–Trinajstić information content (AvgIpc) is 3.04. The molecule has 26 heavy (non-hydrogen) atoms. The lowest BCUT2D eigenvalue weighted by molar-refractivity contribution is -0.385. The number of nitrogens with zero attached hydrogens (tertiary/aromatic N) is 2. The summed E-state index contributed by atoms with van der Waals surface area (Å²) in [6.45, 7) is 0. The van der Waals surface area contributed by atoms with E-state index in [-0.39, 0.29) is 23.1 Å². The first-order valence-corrected chi connectivity index (χ1v) is 7.53. The Bertz CT molecular complexity index is 1030. The van der Waals surface area contributed by atoms with Crippen molar-refractivity contribution >= 4 is 28.5 Å². The zero-order valence-corrected chi connectivity index (χ0v) is 13.7. The number of fused-ring (bicyclic) bond motifs is 1. The number of nitro benzene ring substituents is 1. The summed E-state index contributed by atoms with van der Waals surface area (Å²) in [6, 6.07) is 12.7. The minimum absolute atomic E-state index is 0.121. The molecule has 0 radical (unpaired) electrons. The molecule has 4 N–H and O–H groups in total. The number of aromatic amines is 1. The largest absolute Gasteiger partial charge is 0.450 e. The number of rotatable bonds is 4. The Morgan fingerprint density at radius 2 is 2.00 bits per heavy atom. The number of nitrogens with two attached hydrogens (primary N) is 1. The minimum atomic E-state index is -0.517. The lowest BCUT2D eigenvalue weighted by Crippen LogP contribution is -2.38. The van der Waals surface area contributed by atoms with Gasteiger partial charge in [0, 0.05) is 30.1 Å². The number of guanidine groups is 1. The molecule has 0 saturated carbocycles. The van der Waals surface area contributed by atoms with Gasteiger partial charge in [-0.3, -0.25) is 25.2 Å². The summed E-state index contributed by atoms with van der Waals surface area (Å²) in [5.41, 5.74) is 6.05. The lowest BCUT2D eigenvalue weighted by Gasteiger charge is -2.12. The lowest BCUT2D eigenvalue weighted by atomic mass is 10.2. The molecule has 2 aromatic carbocycles. The number of ether oxygens (including phenoxy) is 1. The number of carbonyl (C=O) groups is 1. The quantitative estimate of drug-likeness (QED) is 0.286. The molecular weight excluding hydrogens is 338 g/mol. The van der Waals surface area contributed by atoms with Crippen molar-refractivity contribution in [3.63, 3.8) is 0 Å². The van der Waals surface area contributed by atoms with Crippen LogP contribution in [0.4, 0.5) is 5.69 Å². The zero-order valence-electron chi connectivity index (χ0n) is 13.7. The maximum atomic E-state index is 12.2. The third-order valence-electron chi connectivity index (χ3n) is 3.78. The van der Waals surface area contributed by atoms with Gasteiger partial charge in [-0.05, 0) is 24.3 Å². The van der Waals surface area contributed by atoms with Crippen LogP contribution in [0.5, 0.6) is 11.5 Å². The Balaban J connectivity index is 1.92.